The van der Waals surface area contributed by atoms with Crippen molar-refractivity contribution in [2.75, 3.05) is 0 Å². The van der Waals surface area contributed by atoms with Gasteiger partial charge < -0.3 is 5.43 Å². The number of pyridine rings is 1. The van der Waals surface area contributed by atoms with Crippen LogP contribution in [-0.2, 0) is 10.0 Å². The van der Waals surface area contributed by atoms with Gasteiger partial charge in [-0.25, -0.2) is 8.42 Å². The van der Waals surface area contributed by atoms with Crippen LogP contribution in [0.25, 0.3) is 10.9 Å². The number of benzene rings is 3. The van der Waals surface area contributed by atoms with Crippen LogP contribution in [0.4, 0.5) is 0 Å². The van der Waals surface area contributed by atoms with Gasteiger partial charge in [-0.3, -0.25) is 4.98 Å². The molecule has 6 nitrogen and oxygen atoms in total. The number of hydrazone groups is 1. The summed E-state index contributed by atoms with van der Waals surface area (Å²) in [6.07, 6.45) is 2.03. The summed E-state index contributed by atoms with van der Waals surface area (Å²) in [4.78, 5) is 4.37. The molecule has 2 unspecified atom stereocenters. The van der Waals surface area contributed by atoms with Crippen molar-refractivity contribution < 1.29 is 8.42 Å². The summed E-state index contributed by atoms with van der Waals surface area (Å²) in [5.41, 5.74) is 5.61. The molecular formula is C25H20Cl4N4O2S. The fourth-order valence-electron chi connectivity index (χ4n) is 4.09. The van der Waals surface area contributed by atoms with Gasteiger partial charge in [0.1, 0.15) is 4.90 Å². The molecule has 2 atom stereocenters. The molecule has 1 aliphatic rings. The highest BCUT2D eigenvalue weighted by Gasteiger charge is 2.33. The number of sulfonamides is 1. The number of halogens is 4. The largest absolute Gasteiger partial charge is 0.302 e. The van der Waals surface area contributed by atoms with Gasteiger partial charge in [-0.05, 0) is 47.5 Å². The van der Waals surface area contributed by atoms with Gasteiger partial charge in [0.25, 0.3) is 0 Å². The van der Waals surface area contributed by atoms with E-state index in [-0.39, 0.29) is 23.3 Å². The minimum absolute atomic E-state index is 0. The zero-order valence-corrected chi connectivity index (χ0v) is 22.4. The van der Waals surface area contributed by atoms with Crippen molar-refractivity contribution in [3.8, 4) is 0 Å². The van der Waals surface area contributed by atoms with E-state index in [9.17, 15) is 8.42 Å². The van der Waals surface area contributed by atoms with Crippen LogP contribution in [0.2, 0.25) is 15.1 Å². The van der Waals surface area contributed by atoms with Gasteiger partial charge in [0, 0.05) is 33.1 Å². The molecule has 0 aliphatic carbocycles. The minimum atomic E-state index is -4.02. The smallest absolute Gasteiger partial charge is 0.243 e. The molecule has 0 saturated carbocycles. The monoisotopic (exact) mass is 580 g/mol. The summed E-state index contributed by atoms with van der Waals surface area (Å²) in [6, 6.07) is 20.0. The molecular weight excluding hydrogens is 562 g/mol. The molecule has 11 heteroatoms. The van der Waals surface area contributed by atoms with Crippen molar-refractivity contribution in [1.29, 1.82) is 0 Å². The fraction of sp³-hybridized carbons (Fsp3) is 0.120. The molecule has 0 spiro atoms. The molecule has 3 aromatic carbocycles. The van der Waals surface area contributed by atoms with E-state index in [0.29, 0.717) is 38.3 Å². The van der Waals surface area contributed by atoms with Crippen LogP contribution < -0.4 is 10.1 Å². The Kier molecular flexibility index (Phi) is 8.09. The SMILES string of the molecule is Cl.O=S(=O)(NC(C1=NNC(c2ccc(Cl)cc2)C1)c1ccc(Cl)cc1Cl)c1cccc2cccnc12. The Balaban J connectivity index is 0.00000304. The van der Waals surface area contributed by atoms with Gasteiger partial charge in [0.15, 0.2) is 0 Å². The molecule has 5 rings (SSSR count). The standard InChI is InChI=1S/C25H19Cl3N4O2S.ClH/c26-17-8-6-15(7-9-17)21-14-22(31-30-21)25(19-11-10-18(27)13-20(19)28)32-35(33,34)23-5-1-3-16-4-2-12-29-24(16)23;/h1-13,21,25,30,32H,14H2;1H. The molecule has 2 heterocycles. The van der Waals surface area contributed by atoms with Gasteiger partial charge in [-0.1, -0.05) is 71.2 Å². The summed E-state index contributed by atoms with van der Waals surface area (Å²) >= 11 is 18.7. The maximum absolute atomic E-state index is 13.6. The first kappa shape index (κ1) is 26.7. The lowest BCUT2D eigenvalue weighted by atomic mass is 9.96. The number of nitrogens with one attached hydrogen (secondary N) is 2. The van der Waals surface area contributed by atoms with Crippen molar-refractivity contribution >= 4 is 73.8 Å². The average molecular weight is 582 g/mol. The van der Waals surface area contributed by atoms with Gasteiger partial charge in [0.2, 0.25) is 10.0 Å². The Bertz CT molecular complexity index is 1540. The van der Waals surface area contributed by atoms with E-state index in [4.69, 9.17) is 34.8 Å². The van der Waals surface area contributed by atoms with Crippen LogP contribution in [0.15, 0.2) is 89.0 Å². The maximum atomic E-state index is 13.6. The van der Waals surface area contributed by atoms with Crippen molar-refractivity contribution in [2.45, 2.75) is 23.4 Å². The zero-order valence-electron chi connectivity index (χ0n) is 18.5. The van der Waals surface area contributed by atoms with E-state index < -0.39 is 16.1 Å². The number of para-hydroxylation sites is 1. The molecule has 0 saturated heterocycles. The Morgan fingerprint density at radius 2 is 1.67 bits per heavy atom. The highest BCUT2D eigenvalue weighted by atomic mass is 35.5. The van der Waals surface area contributed by atoms with Crippen LogP contribution in [0.5, 0.6) is 0 Å². The third-order valence-corrected chi connectivity index (χ3v) is 8.08. The molecule has 4 aromatic rings. The highest BCUT2D eigenvalue weighted by molar-refractivity contribution is 7.89. The third kappa shape index (κ3) is 5.47. The number of hydrogen-bond donors (Lipinski definition) is 2. The summed E-state index contributed by atoms with van der Waals surface area (Å²) < 4.78 is 30.1. The summed E-state index contributed by atoms with van der Waals surface area (Å²) in [5, 5.41) is 6.63. The molecule has 2 N–H and O–H groups in total. The Morgan fingerprint density at radius 1 is 0.944 bits per heavy atom. The lowest BCUT2D eigenvalue weighted by molar-refractivity contribution is 0.577. The highest BCUT2D eigenvalue weighted by Crippen LogP contribution is 2.34. The minimum Gasteiger partial charge on any atom is -0.302 e. The van der Waals surface area contributed by atoms with Crippen LogP contribution in [-0.4, -0.2) is 19.1 Å². The third-order valence-electron chi connectivity index (χ3n) is 5.81. The number of nitrogens with zero attached hydrogens (tertiary/aromatic N) is 2. The Morgan fingerprint density at radius 3 is 2.42 bits per heavy atom. The van der Waals surface area contributed by atoms with E-state index in [2.05, 4.69) is 20.2 Å². The van der Waals surface area contributed by atoms with Crippen molar-refractivity contribution in [1.82, 2.24) is 15.1 Å². The van der Waals surface area contributed by atoms with E-state index in [1.807, 2.05) is 24.3 Å². The Hall–Kier alpha value is -2.39. The van der Waals surface area contributed by atoms with E-state index >= 15 is 0 Å². The topological polar surface area (TPSA) is 83.5 Å². The van der Waals surface area contributed by atoms with Crippen molar-refractivity contribution in [2.24, 2.45) is 5.10 Å². The Labute approximate surface area is 230 Å². The van der Waals surface area contributed by atoms with Crippen molar-refractivity contribution in [3.05, 3.63) is 105 Å². The summed E-state index contributed by atoms with van der Waals surface area (Å²) in [6.45, 7) is 0. The maximum Gasteiger partial charge on any atom is 0.243 e. The van der Waals surface area contributed by atoms with Gasteiger partial charge in [0.05, 0.1) is 23.3 Å². The predicted octanol–water partition coefficient (Wildman–Crippen LogP) is 6.73. The van der Waals surface area contributed by atoms with Crippen molar-refractivity contribution in [3.63, 3.8) is 0 Å². The first-order chi connectivity index (χ1) is 16.8. The number of fused-ring (bicyclic) bond motifs is 1. The zero-order chi connectivity index (χ0) is 24.6. The average Bonchev–Trinajstić information content (AvgIpc) is 3.33. The first-order valence-electron chi connectivity index (χ1n) is 10.7. The molecule has 1 aliphatic heterocycles. The molecule has 1 aromatic heterocycles. The second-order valence-electron chi connectivity index (χ2n) is 8.09. The number of rotatable bonds is 6. The second kappa shape index (κ2) is 10.9. The van der Waals surface area contributed by atoms with E-state index in [0.717, 1.165) is 10.9 Å². The lowest BCUT2D eigenvalue weighted by Gasteiger charge is -2.21. The van der Waals surface area contributed by atoms with E-state index in [1.165, 1.54) is 6.07 Å². The predicted molar refractivity (Wildman–Crippen MR) is 148 cm³/mol. The van der Waals surface area contributed by atoms with Gasteiger partial charge in [-0.2, -0.15) is 9.82 Å². The molecule has 0 fully saturated rings. The molecule has 186 valence electrons. The fourth-order valence-corrected chi connectivity index (χ4v) is 6.12. The first-order valence-corrected chi connectivity index (χ1v) is 13.3. The van der Waals surface area contributed by atoms with Gasteiger partial charge in [-0.15, -0.1) is 12.4 Å². The van der Waals surface area contributed by atoms with E-state index in [1.54, 1.807) is 48.7 Å². The lowest BCUT2D eigenvalue weighted by Crippen LogP contribution is -2.34. The normalized spacial score (nSPS) is 16.2. The van der Waals surface area contributed by atoms with Gasteiger partial charge >= 0.3 is 0 Å². The summed E-state index contributed by atoms with van der Waals surface area (Å²) in [5.74, 6) is 0. The molecule has 0 amide bonds. The van der Waals surface area contributed by atoms with Crippen LogP contribution in [0.3, 0.4) is 0 Å². The molecule has 0 bridgehead atoms. The van der Waals surface area contributed by atoms with Crippen LogP contribution >= 0.6 is 47.2 Å². The second-order valence-corrected chi connectivity index (χ2v) is 11.1. The van der Waals surface area contributed by atoms with Crippen LogP contribution in [0.1, 0.15) is 29.6 Å². The quantitative estimate of drug-likeness (QED) is 0.264. The number of aromatic nitrogens is 1. The van der Waals surface area contributed by atoms with Crippen LogP contribution in [0, 0.1) is 0 Å². The molecule has 36 heavy (non-hydrogen) atoms. The summed E-state index contributed by atoms with van der Waals surface area (Å²) in [7, 11) is -4.02. The number of hydrogen-bond acceptors (Lipinski definition) is 5. The molecule has 0 radical (unpaired) electrons.